The lowest BCUT2D eigenvalue weighted by molar-refractivity contribution is 0.470. The van der Waals surface area contributed by atoms with Gasteiger partial charge in [-0.15, -0.1) is 11.8 Å². The highest BCUT2D eigenvalue weighted by Gasteiger charge is 2.07. The fourth-order valence-corrected chi connectivity index (χ4v) is 2.41. The molecule has 2 aromatic rings. The zero-order valence-electron chi connectivity index (χ0n) is 9.36. The van der Waals surface area contributed by atoms with Gasteiger partial charge in [0, 0.05) is 21.9 Å². The summed E-state index contributed by atoms with van der Waals surface area (Å²) >= 11 is 1.11. The summed E-state index contributed by atoms with van der Waals surface area (Å²) in [5, 5.41) is 9.60. The molecular formula is C13H11F2NOS. The van der Waals surface area contributed by atoms with Crippen LogP contribution >= 0.6 is 11.8 Å². The van der Waals surface area contributed by atoms with Gasteiger partial charge in [-0.1, -0.05) is 0 Å². The Labute approximate surface area is 107 Å². The average molecular weight is 267 g/mol. The molecule has 0 atom stereocenters. The molecule has 3 N–H and O–H groups in total. The first kappa shape index (κ1) is 12.7. The predicted molar refractivity (Wildman–Crippen MR) is 68.4 cm³/mol. The van der Waals surface area contributed by atoms with Crippen LogP contribution < -0.4 is 5.73 Å². The van der Waals surface area contributed by atoms with Crippen molar-refractivity contribution < 1.29 is 13.9 Å². The molecule has 2 rings (SSSR count). The highest BCUT2D eigenvalue weighted by molar-refractivity contribution is 7.98. The highest BCUT2D eigenvalue weighted by Crippen LogP contribution is 2.30. The van der Waals surface area contributed by atoms with Crippen molar-refractivity contribution >= 4 is 17.4 Å². The molecule has 94 valence electrons. The van der Waals surface area contributed by atoms with E-state index >= 15 is 0 Å². The van der Waals surface area contributed by atoms with Crippen molar-refractivity contribution in [2.45, 2.75) is 10.6 Å². The van der Waals surface area contributed by atoms with Gasteiger partial charge in [-0.2, -0.15) is 0 Å². The molecule has 2 nitrogen and oxygen atoms in total. The lowest BCUT2D eigenvalue weighted by atomic mass is 10.2. The van der Waals surface area contributed by atoms with E-state index in [9.17, 15) is 13.9 Å². The number of hydrogen-bond acceptors (Lipinski definition) is 3. The van der Waals surface area contributed by atoms with Gasteiger partial charge in [0.2, 0.25) is 0 Å². The normalized spacial score (nSPS) is 10.6. The van der Waals surface area contributed by atoms with Crippen molar-refractivity contribution in [2.24, 2.45) is 0 Å². The Morgan fingerprint density at radius 2 is 1.89 bits per heavy atom. The molecule has 18 heavy (non-hydrogen) atoms. The lowest BCUT2D eigenvalue weighted by Crippen LogP contribution is -1.89. The molecule has 0 saturated heterocycles. The summed E-state index contributed by atoms with van der Waals surface area (Å²) in [7, 11) is 0. The van der Waals surface area contributed by atoms with Gasteiger partial charge < -0.3 is 10.8 Å². The maximum absolute atomic E-state index is 13.4. The van der Waals surface area contributed by atoms with Crippen LogP contribution in [0.25, 0.3) is 0 Å². The van der Waals surface area contributed by atoms with E-state index in [0.717, 1.165) is 30.0 Å². The van der Waals surface area contributed by atoms with E-state index in [4.69, 9.17) is 5.73 Å². The Hall–Kier alpha value is -1.75. The van der Waals surface area contributed by atoms with Crippen LogP contribution in [-0.2, 0) is 5.75 Å². The molecular weight excluding hydrogens is 256 g/mol. The van der Waals surface area contributed by atoms with E-state index in [1.165, 1.54) is 6.07 Å². The molecule has 0 aromatic heterocycles. The van der Waals surface area contributed by atoms with Crippen LogP contribution in [0.15, 0.2) is 41.3 Å². The van der Waals surface area contributed by atoms with Crippen molar-refractivity contribution in [1.82, 2.24) is 0 Å². The average Bonchev–Trinajstić information content (AvgIpc) is 2.34. The van der Waals surface area contributed by atoms with Crippen molar-refractivity contribution in [2.75, 3.05) is 5.73 Å². The first-order chi connectivity index (χ1) is 8.56. The molecule has 0 unspecified atom stereocenters. The second-order valence-electron chi connectivity index (χ2n) is 3.75. The molecule has 0 saturated carbocycles. The van der Waals surface area contributed by atoms with Crippen molar-refractivity contribution in [3.05, 3.63) is 53.6 Å². The van der Waals surface area contributed by atoms with Gasteiger partial charge in [-0.25, -0.2) is 8.78 Å². The summed E-state index contributed by atoms with van der Waals surface area (Å²) in [6, 6.07) is 7.94. The van der Waals surface area contributed by atoms with Crippen LogP contribution in [-0.4, -0.2) is 5.11 Å². The second-order valence-corrected chi connectivity index (χ2v) is 4.77. The molecule has 0 bridgehead atoms. The van der Waals surface area contributed by atoms with E-state index in [1.807, 2.05) is 0 Å². The predicted octanol–water partition coefficient (Wildman–Crippen LogP) is 3.54. The quantitative estimate of drug-likeness (QED) is 0.508. The van der Waals surface area contributed by atoms with Crippen molar-refractivity contribution in [1.29, 1.82) is 0 Å². The summed E-state index contributed by atoms with van der Waals surface area (Å²) in [5.41, 5.74) is 6.70. The fourth-order valence-electron chi connectivity index (χ4n) is 1.46. The Morgan fingerprint density at radius 3 is 2.67 bits per heavy atom. The minimum atomic E-state index is -0.490. The number of halogens is 2. The number of rotatable bonds is 3. The van der Waals surface area contributed by atoms with E-state index in [0.29, 0.717) is 17.0 Å². The number of nitrogen functional groups attached to an aromatic ring is 1. The number of phenols is 1. The van der Waals surface area contributed by atoms with Gasteiger partial charge in [-0.05, 0) is 36.4 Å². The third-order valence-electron chi connectivity index (χ3n) is 2.38. The summed E-state index contributed by atoms with van der Waals surface area (Å²) in [5.74, 6) is -0.564. The fraction of sp³-hybridized carbons (Fsp3) is 0.0769. The van der Waals surface area contributed by atoms with E-state index in [2.05, 4.69) is 0 Å². The number of benzene rings is 2. The Morgan fingerprint density at radius 1 is 1.11 bits per heavy atom. The van der Waals surface area contributed by atoms with Gasteiger partial charge in [0.25, 0.3) is 0 Å². The monoisotopic (exact) mass is 267 g/mol. The number of thioether (sulfide) groups is 1. The smallest absolute Gasteiger partial charge is 0.136 e. The Kier molecular flexibility index (Phi) is 3.72. The molecule has 0 radical (unpaired) electrons. The van der Waals surface area contributed by atoms with Crippen LogP contribution in [0.5, 0.6) is 5.75 Å². The Bertz CT molecular complexity index is 523. The minimum Gasteiger partial charge on any atom is -0.508 e. The summed E-state index contributed by atoms with van der Waals surface area (Å²) in [4.78, 5) is 0.205. The summed E-state index contributed by atoms with van der Waals surface area (Å²) in [6.45, 7) is 0. The van der Waals surface area contributed by atoms with Crippen LogP contribution in [0, 0.1) is 11.6 Å². The third-order valence-corrected chi connectivity index (χ3v) is 3.46. The molecule has 0 aliphatic rings. The molecule has 2 aromatic carbocycles. The number of aromatic hydroxyl groups is 1. The minimum absolute atomic E-state index is 0.0912. The van der Waals surface area contributed by atoms with Crippen LogP contribution in [0.4, 0.5) is 14.5 Å². The highest BCUT2D eigenvalue weighted by atomic mass is 32.2. The maximum Gasteiger partial charge on any atom is 0.136 e. The molecule has 5 heteroatoms. The topological polar surface area (TPSA) is 46.2 Å². The zero-order chi connectivity index (χ0) is 13.1. The molecule has 0 spiro atoms. The first-order valence-corrected chi connectivity index (χ1v) is 6.20. The number of nitrogens with two attached hydrogens (primary N) is 1. The second kappa shape index (κ2) is 5.27. The van der Waals surface area contributed by atoms with Gasteiger partial charge >= 0.3 is 0 Å². The number of anilines is 1. The molecule has 0 heterocycles. The summed E-state index contributed by atoms with van der Waals surface area (Å²) in [6.07, 6.45) is 0. The number of hydrogen-bond donors (Lipinski definition) is 2. The van der Waals surface area contributed by atoms with Gasteiger partial charge in [-0.3, -0.25) is 0 Å². The SMILES string of the molecule is Nc1ccc(O)c(CSc2cc(F)ccc2F)c1. The lowest BCUT2D eigenvalue weighted by Gasteiger charge is -2.06. The standard InChI is InChI=1S/C13H11F2NOS/c14-9-1-3-11(15)13(6-9)18-7-8-5-10(16)2-4-12(8)17/h1-6,17H,7,16H2. The third kappa shape index (κ3) is 2.92. The molecule has 0 aliphatic carbocycles. The van der Waals surface area contributed by atoms with Crippen LogP contribution in [0.3, 0.4) is 0 Å². The molecule has 0 aliphatic heterocycles. The van der Waals surface area contributed by atoms with Gasteiger partial charge in [0.15, 0.2) is 0 Å². The van der Waals surface area contributed by atoms with Gasteiger partial charge in [0.1, 0.15) is 17.4 Å². The van der Waals surface area contributed by atoms with Crippen molar-refractivity contribution in [3.63, 3.8) is 0 Å². The molecule has 0 fully saturated rings. The van der Waals surface area contributed by atoms with Crippen molar-refractivity contribution in [3.8, 4) is 5.75 Å². The van der Waals surface area contributed by atoms with E-state index < -0.39 is 11.6 Å². The zero-order valence-corrected chi connectivity index (χ0v) is 10.2. The van der Waals surface area contributed by atoms with E-state index in [-0.39, 0.29) is 10.6 Å². The summed E-state index contributed by atoms with van der Waals surface area (Å²) < 4.78 is 26.3. The first-order valence-electron chi connectivity index (χ1n) is 5.21. The maximum atomic E-state index is 13.4. The van der Waals surface area contributed by atoms with Crippen LogP contribution in [0.1, 0.15) is 5.56 Å². The van der Waals surface area contributed by atoms with Gasteiger partial charge in [0.05, 0.1) is 0 Å². The van der Waals surface area contributed by atoms with E-state index in [1.54, 1.807) is 12.1 Å². The molecule has 0 amide bonds. The van der Waals surface area contributed by atoms with Crippen LogP contribution in [0.2, 0.25) is 0 Å². The largest absolute Gasteiger partial charge is 0.508 e. The number of phenolic OH excluding ortho intramolecular Hbond substituents is 1. The Balaban J connectivity index is 2.16.